The molecule has 0 saturated carbocycles. The summed E-state index contributed by atoms with van der Waals surface area (Å²) in [6.45, 7) is 3.07. The Hall–Kier alpha value is -1.42. The molecule has 17 heavy (non-hydrogen) atoms. The minimum atomic E-state index is -0.325. The highest BCUT2D eigenvalue weighted by Gasteiger charge is 2.22. The first kappa shape index (κ1) is 12.0. The average molecular weight is 236 g/mol. The van der Waals surface area contributed by atoms with Gasteiger partial charge >= 0.3 is 0 Å². The molecule has 1 aromatic carbocycles. The smallest absolute Gasteiger partial charge is 0.251 e. The standard InChI is InChI=1S/C13H17FN2O/c1-9-12(3-2-8-15-9)16-13(17)10-4-6-11(14)7-5-10/h4-7,9,12,15H,2-3,8H2,1H3,(H,16,17). The van der Waals surface area contributed by atoms with Gasteiger partial charge in [0.05, 0.1) is 0 Å². The van der Waals surface area contributed by atoms with Crippen molar-refractivity contribution in [3.05, 3.63) is 35.6 Å². The van der Waals surface area contributed by atoms with Gasteiger partial charge in [0, 0.05) is 17.6 Å². The average Bonchev–Trinajstić information content (AvgIpc) is 2.33. The summed E-state index contributed by atoms with van der Waals surface area (Å²) < 4.78 is 12.7. The SMILES string of the molecule is CC1NCCCC1NC(=O)c1ccc(F)cc1. The molecule has 1 aromatic rings. The summed E-state index contributed by atoms with van der Waals surface area (Å²) in [5.41, 5.74) is 0.504. The number of rotatable bonds is 2. The van der Waals surface area contributed by atoms with E-state index in [4.69, 9.17) is 0 Å². The normalized spacial score (nSPS) is 24.4. The summed E-state index contributed by atoms with van der Waals surface area (Å²) in [7, 11) is 0. The lowest BCUT2D eigenvalue weighted by atomic mass is 9.99. The molecule has 1 heterocycles. The fourth-order valence-corrected chi connectivity index (χ4v) is 2.09. The van der Waals surface area contributed by atoms with Crippen LogP contribution in [0.1, 0.15) is 30.1 Å². The number of hydrogen-bond acceptors (Lipinski definition) is 2. The molecule has 0 bridgehead atoms. The van der Waals surface area contributed by atoms with E-state index in [0.29, 0.717) is 5.56 Å². The molecule has 2 unspecified atom stereocenters. The molecule has 2 rings (SSSR count). The van der Waals surface area contributed by atoms with Crippen molar-refractivity contribution in [3.63, 3.8) is 0 Å². The minimum Gasteiger partial charge on any atom is -0.348 e. The van der Waals surface area contributed by atoms with Crippen LogP contribution in [-0.2, 0) is 0 Å². The third kappa shape index (κ3) is 3.03. The van der Waals surface area contributed by atoms with E-state index < -0.39 is 0 Å². The van der Waals surface area contributed by atoms with E-state index in [1.165, 1.54) is 24.3 Å². The van der Waals surface area contributed by atoms with Crippen molar-refractivity contribution >= 4 is 5.91 Å². The second-order valence-corrected chi connectivity index (χ2v) is 4.47. The van der Waals surface area contributed by atoms with E-state index >= 15 is 0 Å². The number of halogens is 1. The lowest BCUT2D eigenvalue weighted by Crippen LogP contribution is -2.51. The number of hydrogen-bond donors (Lipinski definition) is 2. The monoisotopic (exact) mass is 236 g/mol. The van der Waals surface area contributed by atoms with Gasteiger partial charge in [-0.25, -0.2) is 4.39 Å². The molecule has 2 atom stereocenters. The van der Waals surface area contributed by atoms with E-state index in [0.717, 1.165) is 19.4 Å². The van der Waals surface area contributed by atoms with Crippen LogP contribution in [0, 0.1) is 5.82 Å². The number of benzene rings is 1. The van der Waals surface area contributed by atoms with Crippen LogP contribution in [0.5, 0.6) is 0 Å². The first-order valence-corrected chi connectivity index (χ1v) is 5.96. The topological polar surface area (TPSA) is 41.1 Å². The zero-order valence-electron chi connectivity index (χ0n) is 9.87. The van der Waals surface area contributed by atoms with Crippen molar-refractivity contribution in [2.75, 3.05) is 6.54 Å². The molecule has 1 saturated heterocycles. The fourth-order valence-electron chi connectivity index (χ4n) is 2.09. The molecule has 3 nitrogen and oxygen atoms in total. The van der Waals surface area contributed by atoms with Crippen LogP contribution in [0.4, 0.5) is 4.39 Å². The molecule has 0 spiro atoms. The third-order valence-corrected chi connectivity index (χ3v) is 3.18. The molecular formula is C13H17FN2O. The Balaban J connectivity index is 1.98. The first-order chi connectivity index (χ1) is 8.16. The van der Waals surface area contributed by atoms with E-state index in [1.54, 1.807) is 0 Å². The van der Waals surface area contributed by atoms with Gasteiger partial charge in [0.25, 0.3) is 5.91 Å². The number of amides is 1. The highest BCUT2D eigenvalue weighted by molar-refractivity contribution is 5.94. The summed E-state index contributed by atoms with van der Waals surface area (Å²) in [4.78, 5) is 11.9. The van der Waals surface area contributed by atoms with Gasteiger partial charge in [-0.15, -0.1) is 0 Å². The maximum absolute atomic E-state index is 12.7. The molecule has 4 heteroatoms. The van der Waals surface area contributed by atoms with Crippen LogP contribution >= 0.6 is 0 Å². The van der Waals surface area contributed by atoms with Crippen LogP contribution in [-0.4, -0.2) is 24.5 Å². The lowest BCUT2D eigenvalue weighted by molar-refractivity contribution is 0.0920. The predicted molar refractivity (Wildman–Crippen MR) is 64.4 cm³/mol. The van der Waals surface area contributed by atoms with Crippen molar-refractivity contribution in [3.8, 4) is 0 Å². The molecule has 92 valence electrons. The lowest BCUT2D eigenvalue weighted by Gasteiger charge is -2.30. The van der Waals surface area contributed by atoms with Crippen molar-refractivity contribution < 1.29 is 9.18 Å². The summed E-state index contributed by atoms with van der Waals surface area (Å²) in [6.07, 6.45) is 2.06. The quantitative estimate of drug-likeness (QED) is 0.820. The van der Waals surface area contributed by atoms with Crippen LogP contribution < -0.4 is 10.6 Å². The van der Waals surface area contributed by atoms with E-state index in [9.17, 15) is 9.18 Å². The number of carbonyl (C=O) groups excluding carboxylic acids is 1. The van der Waals surface area contributed by atoms with E-state index in [2.05, 4.69) is 17.6 Å². The van der Waals surface area contributed by atoms with E-state index in [1.807, 2.05) is 0 Å². The van der Waals surface area contributed by atoms with Crippen molar-refractivity contribution in [1.82, 2.24) is 10.6 Å². The molecule has 0 aromatic heterocycles. The summed E-state index contributed by atoms with van der Waals surface area (Å²) in [6, 6.07) is 6.06. The molecule has 1 fully saturated rings. The van der Waals surface area contributed by atoms with Gasteiger partial charge in [-0.1, -0.05) is 0 Å². The Morgan fingerprint density at radius 1 is 1.41 bits per heavy atom. The summed E-state index contributed by atoms with van der Waals surface area (Å²) in [5.74, 6) is -0.459. The van der Waals surface area contributed by atoms with Crippen LogP contribution in [0.25, 0.3) is 0 Å². The van der Waals surface area contributed by atoms with Crippen molar-refractivity contribution in [2.24, 2.45) is 0 Å². The van der Waals surface area contributed by atoms with Gasteiger partial charge < -0.3 is 10.6 Å². The molecule has 0 radical (unpaired) electrons. The summed E-state index contributed by atoms with van der Waals surface area (Å²) >= 11 is 0. The minimum absolute atomic E-state index is 0.134. The van der Waals surface area contributed by atoms with Crippen LogP contribution in [0.2, 0.25) is 0 Å². The largest absolute Gasteiger partial charge is 0.348 e. The molecular weight excluding hydrogens is 219 g/mol. The molecule has 2 N–H and O–H groups in total. The Kier molecular flexibility index (Phi) is 3.74. The summed E-state index contributed by atoms with van der Waals surface area (Å²) in [5, 5.41) is 6.30. The maximum Gasteiger partial charge on any atom is 0.251 e. The van der Waals surface area contributed by atoms with Gasteiger partial charge in [-0.3, -0.25) is 4.79 Å². The van der Waals surface area contributed by atoms with Crippen LogP contribution in [0.3, 0.4) is 0 Å². The Bertz CT molecular complexity index is 391. The van der Waals surface area contributed by atoms with Gasteiger partial charge in [0.2, 0.25) is 0 Å². The number of carbonyl (C=O) groups is 1. The Morgan fingerprint density at radius 3 is 2.76 bits per heavy atom. The maximum atomic E-state index is 12.7. The fraction of sp³-hybridized carbons (Fsp3) is 0.462. The predicted octanol–water partition coefficient (Wildman–Crippen LogP) is 1.70. The first-order valence-electron chi connectivity index (χ1n) is 5.96. The highest BCUT2D eigenvalue weighted by Crippen LogP contribution is 2.10. The highest BCUT2D eigenvalue weighted by atomic mass is 19.1. The van der Waals surface area contributed by atoms with E-state index in [-0.39, 0.29) is 23.8 Å². The Labute approximate surface area is 100 Å². The van der Waals surface area contributed by atoms with Crippen LogP contribution in [0.15, 0.2) is 24.3 Å². The van der Waals surface area contributed by atoms with Crippen molar-refractivity contribution in [1.29, 1.82) is 0 Å². The molecule has 1 amide bonds. The van der Waals surface area contributed by atoms with Gasteiger partial charge in [0.1, 0.15) is 5.82 Å². The third-order valence-electron chi connectivity index (χ3n) is 3.18. The molecule has 1 aliphatic rings. The zero-order chi connectivity index (χ0) is 12.3. The molecule has 0 aliphatic carbocycles. The second-order valence-electron chi connectivity index (χ2n) is 4.47. The zero-order valence-corrected chi connectivity index (χ0v) is 9.87. The number of piperidine rings is 1. The molecule has 1 aliphatic heterocycles. The van der Waals surface area contributed by atoms with Gasteiger partial charge in [-0.2, -0.15) is 0 Å². The van der Waals surface area contributed by atoms with Crippen molar-refractivity contribution in [2.45, 2.75) is 31.8 Å². The number of nitrogens with one attached hydrogen (secondary N) is 2. The Morgan fingerprint density at radius 2 is 2.12 bits per heavy atom. The second kappa shape index (κ2) is 5.27. The van der Waals surface area contributed by atoms with Gasteiger partial charge in [-0.05, 0) is 50.6 Å². The van der Waals surface area contributed by atoms with Gasteiger partial charge in [0.15, 0.2) is 0 Å².